The van der Waals surface area contributed by atoms with Gasteiger partial charge in [0.2, 0.25) is 0 Å². The molecule has 37 heavy (non-hydrogen) atoms. The van der Waals surface area contributed by atoms with Crippen molar-refractivity contribution >= 4 is 33.4 Å². The molecule has 1 aromatic heterocycles. The zero-order valence-electron chi connectivity index (χ0n) is 20.2. The first kappa shape index (κ1) is 24.6. The minimum Gasteiger partial charge on any atom is -0.331 e. The van der Waals surface area contributed by atoms with Crippen molar-refractivity contribution in [2.75, 3.05) is 6.54 Å². The molecule has 2 aliphatic rings. The van der Waals surface area contributed by atoms with E-state index >= 15 is 0 Å². The molecule has 5 rings (SSSR count). The zero-order chi connectivity index (χ0) is 26.4. The summed E-state index contributed by atoms with van der Waals surface area (Å²) >= 11 is 3.32. The third-order valence-electron chi connectivity index (χ3n) is 7.15. The topological polar surface area (TPSA) is 125 Å². The van der Waals surface area contributed by atoms with Gasteiger partial charge in [-0.3, -0.25) is 24.4 Å². The van der Waals surface area contributed by atoms with Gasteiger partial charge in [-0.25, -0.2) is 0 Å². The SMILES string of the molecule is CC(c1ccc([N+](=O)[O-])cc1)N1CCn2nc3c(c2C1=O)CN(C(=O)c1ccc(Br)c(C#N)c1)[C@H](C)C3. The standard InChI is InChI=1S/C26H23BrN6O4/c1-15-11-23-21(14-31(15)25(34)18-5-8-22(27)19(12-18)13-28)24-26(35)30(9-10-32(24)29-23)16(2)17-3-6-20(7-4-17)33(36)37/h3-8,12,15-16H,9-11,14H2,1-2H3/t15-,16?/m1/s1. The van der Waals surface area contributed by atoms with E-state index in [0.29, 0.717) is 40.8 Å². The van der Waals surface area contributed by atoms with Gasteiger partial charge >= 0.3 is 0 Å². The predicted molar refractivity (Wildman–Crippen MR) is 137 cm³/mol. The second kappa shape index (κ2) is 9.44. The molecule has 0 saturated heterocycles. The number of carbonyl (C=O) groups excluding carboxylic acids is 2. The van der Waals surface area contributed by atoms with Gasteiger partial charge < -0.3 is 9.80 Å². The molecule has 2 aliphatic heterocycles. The van der Waals surface area contributed by atoms with E-state index in [1.165, 1.54) is 12.1 Å². The Kier molecular flexibility index (Phi) is 6.29. The van der Waals surface area contributed by atoms with Gasteiger partial charge in [0, 0.05) is 46.7 Å². The van der Waals surface area contributed by atoms with Crippen molar-refractivity contribution < 1.29 is 14.5 Å². The highest BCUT2D eigenvalue weighted by Crippen LogP contribution is 2.33. The Hall–Kier alpha value is -4.04. The molecule has 0 N–H and O–H groups in total. The first-order valence-corrected chi connectivity index (χ1v) is 12.6. The second-order valence-electron chi connectivity index (χ2n) is 9.31. The third kappa shape index (κ3) is 4.27. The quantitative estimate of drug-likeness (QED) is 0.346. The van der Waals surface area contributed by atoms with Crippen molar-refractivity contribution in [3.63, 3.8) is 0 Å². The maximum Gasteiger partial charge on any atom is 0.273 e. The number of nitro benzene ring substituents is 1. The number of fused-ring (bicyclic) bond motifs is 3. The molecule has 2 amide bonds. The number of hydrogen-bond donors (Lipinski definition) is 0. The van der Waals surface area contributed by atoms with Gasteiger partial charge in [-0.05, 0) is 53.5 Å². The van der Waals surface area contributed by atoms with Crippen LogP contribution in [0.3, 0.4) is 0 Å². The largest absolute Gasteiger partial charge is 0.331 e. The first-order chi connectivity index (χ1) is 17.7. The molecule has 0 radical (unpaired) electrons. The van der Waals surface area contributed by atoms with Crippen LogP contribution >= 0.6 is 15.9 Å². The zero-order valence-corrected chi connectivity index (χ0v) is 21.8. The van der Waals surface area contributed by atoms with Gasteiger partial charge in [-0.1, -0.05) is 12.1 Å². The van der Waals surface area contributed by atoms with E-state index < -0.39 is 4.92 Å². The van der Waals surface area contributed by atoms with Crippen molar-refractivity contribution in [2.24, 2.45) is 0 Å². The van der Waals surface area contributed by atoms with E-state index in [4.69, 9.17) is 5.10 Å². The molecule has 0 saturated carbocycles. The fourth-order valence-corrected chi connectivity index (χ4v) is 5.38. The number of halogens is 1. The minimum absolute atomic E-state index is 0.000361. The second-order valence-corrected chi connectivity index (χ2v) is 10.2. The molecule has 0 bridgehead atoms. The molecule has 0 spiro atoms. The summed E-state index contributed by atoms with van der Waals surface area (Å²) in [5.41, 5.74) is 3.64. The van der Waals surface area contributed by atoms with Gasteiger partial charge in [0.15, 0.2) is 0 Å². The van der Waals surface area contributed by atoms with Crippen LogP contribution in [0.15, 0.2) is 46.9 Å². The Labute approximate surface area is 221 Å². The van der Waals surface area contributed by atoms with Crippen LogP contribution in [0.5, 0.6) is 0 Å². The molecule has 3 aromatic rings. The lowest BCUT2D eigenvalue weighted by molar-refractivity contribution is -0.384. The lowest BCUT2D eigenvalue weighted by atomic mass is 9.97. The number of amides is 2. The molecule has 1 unspecified atom stereocenters. The van der Waals surface area contributed by atoms with Crippen LogP contribution in [0.25, 0.3) is 0 Å². The Morgan fingerprint density at radius 1 is 1.24 bits per heavy atom. The number of rotatable bonds is 4. The Morgan fingerprint density at radius 3 is 2.65 bits per heavy atom. The summed E-state index contributed by atoms with van der Waals surface area (Å²) in [6.45, 7) is 5.07. The summed E-state index contributed by atoms with van der Waals surface area (Å²) in [5.74, 6) is -0.385. The molecule has 188 valence electrons. The lowest BCUT2D eigenvalue weighted by Crippen LogP contribution is -2.44. The van der Waals surface area contributed by atoms with Gasteiger partial charge in [-0.2, -0.15) is 10.4 Å². The summed E-state index contributed by atoms with van der Waals surface area (Å²) in [4.78, 5) is 41.2. The smallest absolute Gasteiger partial charge is 0.273 e. The van der Waals surface area contributed by atoms with E-state index in [-0.39, 0.29) is 36.1 Å². The van der Waals surface area contributed by atoms with Crippen LogP contribution in [-0.2, 0) is 19.5 Å². The molecule has 11 heteroatoms. The molecule has 2 aromatic carbocycles. The Bertz CT molecular complexity index is 1480. The summed E-state index contributed by atoms with van der Waals surface area (Å²) < 4.78 is 2.36. The number of nitro groups is 1. The highest BCUT2D eigenvalue weighted by atomic mass is 79.9. The van der Waals surface area contributed by atoms with Crippen molar-refractivity contribution in [1.29, 1.82) is 5.26 Å². The molecule has 0 aliphatic carbocycles. The number of hydrogen-bond acceptors (Lipinski definition) is 6. The summed E-state index contributed by atoms with van der Waals surface area (Å²) in [6.07, 6.45) is 0.522. The number of nitrogens with zero attached hydrogens (tertiary/aromatic N) is 6. The molecule has 3 heterocycles. The molecular formula is C26H23BrN6O4. The molecular weight excluding hydrogens is 540 g/mol. The third-order valence-corrected chi connectivity index (χ3v) is 7.84. The average Bonchev–Trinajstić information content (AvgIpc) is 3.26. The monoisotopic (exact) mass is 562 g/mol. The van der Waals surface area contributed by atoms with E-state index in [1.54, 1.807) is 44.8 Å². The maximum atomic E-state index is 13.7. The summed E-state index contributed by atoms with van der Waals surface area (Å²) in [7, 11) is 0. The number of nitriles is 1. The minimum atomic E-state index is -0.450. The number of non-ortho nitro benzene ring substituents is 1. The number of carbonyl (C=O) groups is 2. The van der Waals surface area contributed by atoms with E-state index in [2.05, 4.69) is 22.0 Å². The van der Waals surface area contributed by atoms with Gasteiger partial charge in [0.25, 0.3) is 17.5 Å². The van der Waals surface area contributed by atoms with Crippen LogP contribution in [0.2, 0.25) is 0 Å². The van der Waals surface area contributed by atoms with Crippen LogP contribution in [0.4, 0.5) is 5.69 Å². The number of benzene rings is 2. The van der Waals surface area contributed by atoms with E-state index in [9.17, 15) is 25.0 Å². The van der Waals surface area contributed by atoms with Crippen molar-refractivity contribution in [2.45, 2.75) is 45.4 Å². The molecule has 10 nitrogen and oxygen atoms in total. The molecule has 2 atom stereocenters. The first-order valence-electron chi connectivity index (χ1n) is 11.8. The van der Waals surface area contributed by atoms with Gasteiger partial charge in [-0.15, -0.1) is 0 Å². The average molecular weight is 563 g/mol. The van der Waals surface area contributed by atoms with E-state index in [1.807, 2.05) is 13.8 Å². The number of aromatic nitrogens is 2. The highest BCUT2D eigenvalue weighted by molar-refractivity contribution is 9.10. The van der Waals surface area contributed by atoms with Crippen LogP contribution in [0.1, 0.15) is 63.1 Å². The van der Waals surface area contributed by atoms with Crippen LogP contribution < -0.4 is 0 Å². The Morgan fingerprint density at radius 2 is 1.97 bits per heavy atom. The lowest BCUT2D eigenvalue weighted by Gasteiger charge is -2.35. The maximum absolute atomic E-state index is 13.7. The fourth-order valence-electron chi connectivity index (χ4n) is 5.04. The summed E-state index contributed by atoms with van der Waals surface area (Å²) in [5, 5.41) is 25.1. The van der Waals surface area contributed by atoms with Crippen LogP contribution in [-0.4, -0.2) is 48.9 Å². The van der Waals surface area contributed by atoms with Crippen molar-refractivity contribution in [3.8, 4) is 6.07 Å². The highest BCUT2D eigenvalue weighted by Gasteiger charge is 2.38. The van der Waals surface area contributed by atoms with E-state index in [0.717, 1.165) is 16.8 Å². The van der Waals surface area contributed by atoms with Gasteiger partial charge in [0.05, 0.1) is 35.3 Å². The fraction of sp³-hybridized carbons (Fsp3) is 0.308. The normalized spacial score (nSPS) is 17.6. The van der Waals surface area contributed by atoms with Crippen LogP contribution in [0, 0.1) is 21.4 Å². The van der Waals surface area contributed by atoms with Crippen molar-refractivity contribution in [3.05, 3.63) is 90.7 Å². The summed E-state index contributed by atoms with van der Waals surface area (Å²) in [6, 6.07) is 12.8. The van der Waals surface area contributed by atoms with Crippen molar-refractivity contribution in [1.82, 2.24) is 19.6 Å². The van der Waals surface area contributed by atoms with Gasteiger partial charge in [0.1, 0.15) is 11.8 Å². The predicted octanol–water partition coefficient (Wildman–Crippen LogP) is 4.23. The molecule has 0 fully saturated rings. The Balaban J connectivity index is 1.43.